The molecule has 83 heavy (non-hydrogen) atoms. The molecule has 458 valence electrons. The number of halogens is 12. The first kappa shape index (κ1) is 67.3. The van der Waals surface area contributed by atoms with E-state index in [1.807, 2.05) is 36.4 Å². The van der Waals surface area contributed by atoms with Crippen molar-refractivity contribution in [2.24, 2.45) is 0 Å². The fraction of sp³-hybridized carbons (Fsp3) is 0.411. The van der Waals surface area contributed by atoms with E-state index in [2.05, 4.69) is 26.6 Å². The molecule has 5 aromatic rings. The van der Waals surface area contributed by atoms with E-state index in [0.29, 0.717) is 55.6 Å². The van der Waals surface area contributed by atoms with Crippen LogP contribution in [0.1, 0.15) is 103 Å². The van der Waals surface area contributed by atoms with Crippen molar-refractivity contribution in [1.82, 2.24) is 31.5 Å². The molecular formula is C56H62F12N6O8Pd. The number of carbonyl (C=O) groups is 3. The molecule has 0 aromatic heterocycles. The number of rotatable bonds is 12. The molecule has 14 nitrogen and oxygen atoms in total. The Balaban J connectivity index is 0.000000354. The first-order valence-electron chi connectivity index (χ1n) is 25.4. The van der Waals surface area contributed by atoms with Crippen LogP contribution < -0.4 is 26.6 Å². The second-order valence-corrected chi connectivity index (χ2v) is 20.2. The molecule has 0 unspecified atom stereocenters. The Bertz CT molecular complexity index is 2910. The number of alkyl halides is 12. The van der Waals surface area contributed by atoms with E-state index >= 15 is 0 Å². The number of hydrogen-bond acceptors (Lipinski definition) is 7. The summed E-state index contributed by atoms with van der Waals surface area (Å²) in [6.45, 7) is 2.93. The molecule has 27 heteroatoms. The molecule has 0 aliphatic carbocycles. The van der Waals surface area contributed by atoms with E-state index in [1.54, 1.807) is 54.6 Å². The maximum atomic E-state index is 14.0. The fourth-order valence-electron chi connectivity index (χ4n) is 10.6. The summed E-state index contributed by atoms with van der Waals surface area (Å²) in [6, 6.07) is 28.0. The zero-order valence-electron chi connectivity index (χ0n) is 44.2. The number of hydrogen-bond donors (Lipinski definition) is 5. The van der Waals surface area contributed by atoms with Crippen LogP contribution in [0.15, 0.2) is 127 Å². The van der Waals surface area contributed by atoms with Crippen LogP contribution >= 0.6 is 0 Å². The quantitative estimate of drug-likeness (QED) is 0.0603. The molecule has 5 amide bonds. The van der Waals surface area contributed by atoms with Crippen molar-refractivity contribution in [1.29, 1.82) is 0 Å². The molecular weight excluding hydrogens is 1220 g/mol. The number of carbonyl (C=O) groups excluding carboxylic acids is 3. The maximum absolute atomic E-state index is 14.0. The van der Waals surface area contributed by atoms with Gasteiger partial charge in [-0.2, -0.15) is 52.7 Å². The SMILES string of the molecule is C[C@@H](OC[C@@]1(c2ccccc2)CC[C@@H]2NC(=O)NC[C@H]2N1)c1cc(C(F)(F)F)cc(C(F)(F)F)c1.C[C@@H](OC[C@@]1(c2ccccc2)CC[C@@H]2NC(=O)NC[C@H]2N1C(=O)OCc1ccccc1)c1cc(C(F)(F)F)cc(C(F)(F)F)c1.O.O.[HH].[Pd]. The van der Waals surface area contributed by atoms with Gasteiger partial charge in [0.05, 0.1) is 70.8 Å². The molecule has 0 bridgehead atoms. The van der Waals surface area contributed by atoms with Gasteiger partial charge in [-0.1, -0.05) is 91.0 Å². The van der Waals surface area contributed by atoms with Crippen molar-refractivity contribution < 1.29 is 114 Å². The zero-order valence-corrected chi connectivity index (χ0v) is 45.8. The Labute approximate surface area is 484 Å². The first-order chi connectivity index (χ1) is 37.6. The second kappa shape index (κ2) is 27.1. The van der Waals surface area contributed by atoms with Crippen LogP contribution in [0.2, 0.25) is 0 Å². The molecule has 9 rings (SSSR count). The Hall–Kier alpha value is -6.47. The van der Waals surface area contributed by atoms with Gasteiger partial charge in [0.2, 0.25) is 0 Å². The molecule has 4 saturated heterocycles. The van der Waals surface area contributed by atoms with Crippen molar-refractivity contribution in [2.75, 3.05) is 26.3 Å². The fourth-order valence-corrected chi connectivity index (χ4v) is 10.6. The molecule has 0 saturated carbocycles. The van der Waals surface area contributed by atoms with Crippen molar-refractivity contribution >= 4 is 18.2 Å². The number of fused-ring (bicyclic) bond motifs is 2. The van der Waals surface area contributed by atoms with E-state index in [0.717, 1.165) is 11.1 Å². The number of benzene rings is 5. The molecule has 8 atom stereocenters. The predicted octanol–water partition coefficient (Wildman–Crippen LogP) is 10.9. The Morgan fingerprint density at radius 2 is 1.00 bits per heavy atom. The van der Waals surface area contributed by atoms with Gasteiger partial charge in [-0.3, -0.25) is 10.2 Å². The van der Waals surface area contributed by atoms with Crippen LogP contribution in [0, 0.1) is 0 Å². The number of likely N-dealkylation sites (tertiary alicyclic amines) is 1. The molecule has 4 aliphatic rings. The maximum Gasteiger partial charge on any atom is 0.416 e. The van der Waals surface area contributed by atoms with Gasteiger partial charge in [-0.25, -0.2) is 14.4 Å². The van der Waals surface area contributed by atoms with Gasteiger partial charge in [0, 0.05) is 47.0 Å². The van der Waals surface area contributed by atoms with Crippen LogP contribution in [0.3, 0.4) is 0 Å². The molecule has 0 radical (unpaired) electrons. The van der Waals surface area contributed by atoms with Gasteiger partial charge in [-0.05, 0) is 104 Å². The van der Waals surface area contributed by atoms with Crippen molar-refractivity contribution in [3.8, 4) is 0 Å². The van der Waals surface area contributed by atoms with Crippen LogP contribution in [-0.2, 0) is 77.0 Å². The summed E-state index contributed by atoms with van der Waals surface area (Å²) in [4.78, 5) is 39.3. The van der Waals surface area contributed by atoms with Crippen molar-refractivity contribution in [3.63, 3.8) is 0 Å². The number of nitrogens with one attached hydrogen (secondary N) is 5. The third kappa shape index (κ3) is 16.0. The zero-order chi connectivity index (χ0) is 57.8. The third-order valence-electron chi connectivity index (χ3n) is 14.9. The third-order valence-corrected chi connectivity index (χ3v) is 14.9. The normalized spacial score (nSPS) is 23.1. The number of nitrogens with zero attached hydrogens (tertiary/aromatic N) is 1. The van der Waals surface area contributed by atoms with Gasteiger partial charge in [0.25, 0.3) is 0 Å². The number of ether oxygens (including phenoxy) is 3. The van der Waals surface area contributed by atoms with Gasteiger partial charge >= 0.3 is 42.9 Å². The molecule has 5 aromatic carbocycles. The standard InChI is InChI=1S/C32H31F6N3O4.C24H25F6N3O2.2H2O.Pd.H2/c1-20(22-14-24(31(33,34)35)16-25(15-22)32(36,37)38)45-19-30(23-10-6-3-7-11-23)13-12-26-27(17-39-28(42)40-26)41(30)29(43)44-18-21-8-4-2-5-9-21;1-14(15-9-17(23(25,26)27)11-18(10-15)24(28,29)30)35-13-22(16-5-3-2-4-6-16)8-7-19-20(33-22)12-31-21(34)32-19;;;;/h2-11,14-16,20,26-27H,12-13,17-19H2,1H3,(H2,39,40,42);2-6,9-11,14,19-20,33H,7-8,12-13H2,1H3,(H2,31,32,34);2*1H2;;1H/t20-,26+,27-,30-;14-,19+,20-,22-;;;;/m11..../s1. The minimum atomic E-state index is -5.02. The predicted molar refractivity (Wildman–Crippen MR) is 275 cm³/mol. The summed E-state index contributed by atoms with van der Waals surface area (Å²) in [5.41, 5.74) is -5.93. The van der Waals surface area contributed by atoms with Crippen LogP contribution in [0.25, 0.3) is 0 Å². The molecule has 4 fully saturated rings. The van der Waals surface area contributed by atoms with E-state index in [-0.39, 0.29) is 107 Å². The van der Waals surface area contributed by atoms with E-state index in [9.17, 15) is 67.1 Å². The summed E-state index contributed by atoms with van der Waals surface area (Å²) in [6.07, 6.45) is -21.0. The van der Waals surface area contributed by atoms with Crippen LogP contribution in [0.5, 0.6) is 0 Å². The Morgan fingerprint density at radius 1 is 0.578 bits per heavy atom. The van der Waals surface area contributed by atoms with Gasteiger partial charge in [-0.15, -0.1) is 0 Å². The molecule has 4 aliphatic heterocycles. The molecule has 9 N–H and O–H groups in total. The molecule has 4 heterocycles. The van der Waals surface area contributed by atoms with Crippen LogP contribution in [-0.4, -0.2) is 84.5 Å². The summed E-state index contributed by atoms with van der Waals surface area (Å²) in [5, 5.41) is 14.7. The van der Waals surface area contributed by atoms with Gasteiger partial charge in [0.15, 0.2) is 0 Å². The van der Waals surface area contributed by atoms with Crippen molar-refractivity contribution in [3.05, 3.63) is 177 Å². The number of piperidine rings is 2. The van der Waals surface area contributed by atoms with Crippen molar-refractivity contribution in [2.45, 2.75) is 118 Å². The average Bonchev–Trinajstić information content (AvgIpc) is 3.51. The topological polar surface area (TPSA) is 205 Å². The van der Waals surface area contributed by atoms with Gasteiger partial charge in [0.1, 0.15) is 6.61 Å². The number of amides is 5. The van der Waals surface area contributed by atoms with E-state index in [4.69, 9.17) is 14.2 Å². The average molecular weight is 1280 g/mol. The Morgan fingerprint density at radius 3 is 1.48 bits per heavy atom. The Kier molecular flexibility index (Phi) is 21.9. The second-order valence-electron chi connectivity index (χ2n) is 20.2. The summed E-state index contributed by atoms with van der Waals surface area (Å²) < 4.78 is 179. The largest absolute Gasteiger partial charge is 0.445 e. The number of urea groups is 2. The monoisotopic (exact) mass is 1280 g/mol. The van der Waals surface area contributed by atoms with Gasteiger partial charge < -0.3 is 46.4 Å². The minimum absolute atomic E-state index is 0. The van der Waals surface area contributed by atoms with E-state index < -0.39 is 94.5 Å². The first-order valence-corrected chi connectivity index (χ1v) is 25.4. The van der Waals surface area contributed by atoms with Crippen LogP contribution in [0.4, 0.5) is 67.1 Å². The smallest absolute Gasteiger partial charge is 0.416 e. The minimum Gasteiger partial charge on any atom is -0.445 e. The summed E-state index contributed by atoms with van der Waals surface area (Å²) in [7, 11) is 0. The van der Waals surface area contributed by atoms with E-state index in [1.165, 1.54) is 18.7 Å². The summed E-state index contributed by atoms with van der Waals surface area (Å²) in [5.74, 6) is 0. The molecule has 0 spiro atoms. The summed E-state index contributed by atoms with van der Waals surface area (Å²) >= 11 is 0.